The van der Waals surface area contributed by atoms with Gasteiger partial charge in [0.05, 0.1) is 5.41 Å². The number of unbranched alkanes of at least 4 members (excludes halogenated alkanes) is 1. The van der Waals surface area contributed by atoms with Crippen LogP contribution in [-0.2, 0) is 10.2 Å². The van der Waals surface area contributed by atoms with Crippen LogP contribution in [0.2, 0.25) is 0 Å². The summed E-state index contributed by atoms with van der Waals surface area (Å²) in [6, 6.07) is 10.2. The lowest BCUT2D eigenvalue weighted by molar-refractivity contribution is -0.129. The monoisotopic (exact) mass is 274 g/mol. The summed E-state index contributed by atoms with van der Waals surface area (Å²) in [5.41, 5.74) is 0.931. The quantitative estimate of drug-likeness (QED) is 0.775. The first-order chi connectivity index (χ1) is 9.65. The van der Waals surface area contributed by atoms with E-state index in [0.717, 1.165) is 45.2 Å². The third-order valence-electron chi connectivity index (χ3n) is 4.29. The third-order valence-corrected chi connectivity index (χ3v) is 4.29. The normalized spacial score (nSPS) is 16.8. The molecule has 3 nitrogen and oxygen atoms in total. The van der Waals surface area contributed by atoms with Gasteiger partial charge in [0.15, 0.2) is 0 Å². The van der Waals surface area contributed by atoms with Crippen molar-refractivity contribution in [2.24, 2.45) is 0 Å². The highest BCUT2D eigenvalue weighted by Gasteiger charge is 2.45. The Balaban J connectivity index is 1.84. The molecule has 110 valence electrons. The molecule has 0 saturated heterocycles. The minimum Gasteiger partial charge on any atom is -0.355 e. The van der Waals surface area contributed by atoms with Gasteiger partial charge in [0.2, 0.25) is 5.91 Å². The summed E-state index contributed by atoms with van der Waals surface area (Å²) < 4.78 is 0. The average molecular weight is 274 g/mol. The SMILES string of the molecule is CN(C)CCCCNC(=O)C1(c2ccccc2)CCC1. The molecule has 0 bridgehead atoms. The van der Waals surface area contributed by atoms with E-state index in [2.05, 4.69) is 36.4 Å². The second kappa shape index (κ2) is 6.89. The molecule has 1 aliphatic rings. The zero-order valence-corrected chi connectivity index (χ0v) is 12.7. The summed E-state index contributed by atoms with van der Waals surface area (Å²) in [7, 11) is 4.16. The molecule has 1 saturated carbocycles. The van der Waals surface area contributed by atoms with Crippen LogP contribution in [0.3, 0.4) is 0 Å². The molecule has 1 fully saturated rings. The topological polar surface area (TPSA) is 32.3 Å². The zero-order chi connectivity index (χ0) is 14.4. The van der Waals surface area contributed by atoms with Gasteiger partial charge in [-0.1, -0.05) is 36.8 Å². The summed E-state index contributed by atoms with van der Waals surface area (Å²) in [6.07, 6.45) is 5.31. The summed E-state index contributed by atoms with van der Waals surface area (Å²) in [4.78, 5) is 14.7. The predicted octanol–water partition coefficient (Wildman–Crippen LogP) is 2.57. The zero-order valence-electron chi connectivity index (χ0n) is 12.7. The van der Waals surface area contributed by atoms with Gasteiger partial charge in [0, 0.05) is 6.54 Å². The summed E-state index contributed by atoms with van der Waals surface area (Å²) in [5.74, 6) is 0.222. The molecule has 0 aromatic heterocycles. The number of benzene rings is 1. The minimum atomic E-state index is -0.247. The minimum absolute atomic E-state index is 0.222. The number of carbonyl (C=O) groups is 1. The summed E-state index contributed by atoms with van der Waals surface area (Å²) >= 11 is 0. The molecular formula is C17H26N2O. The van der Waals surface area contributed by atoms with Crippen molar-refractivity contribution in [2.75, 3.05) is 27.2 Å². The fourth-order valence-corrected chi connectivity index (χ4v) is 2.86. The number of hydrogen-bond acceptors (Lipinski definition) is 2. The fourth-order valence-electron chi connectivity index (χ4n) is 2.86. The first-order valence-electron chi connectivity index (χ1n) is 7.64. The van der Waals surface area contributed by atoms with Crippen molar-refractivity contribution in [2.45, 2.75) is 37.5 Å². The van der Waals surface area contributed by atoms with E-state index in [1.54, 1.807) is 0 Å². The molecule has 1 aliphatic carbocycles. The van der Waals surface area contributed by atoms with Gasteiger partial charge in [-0.25, -0.2) is 0 Å². The van der Waals surface area contributed by atoms with E-state index in [4.69, 9.17) is 0 Å². The van der Waals surface area contributed by atoms with Crippen LogP contribution in [0.5, 0.6) is 0 Å². The van der Waals surface area contributed by atoms with Gasteiger partial charge >= 0.3 is 0 Å². The van der Waals surface area contributed by atoms with Gasteiger partial charge in [-0.2, -0.15) is 0 Å². The van der Waals surface area contributed by atoms with E-state index in [1.807, 2.05) is 18.2 Å². The van der Waals surface area contributed by atoms with E-state index in [1.165, 1.54) is 5.56 Å². The van der Waals surface area contributed by atoms with Crippen LogP contribution in [-0.4, -0.2) is 38.0 Å². The standard InChI is InChI=1S/C17H26N2O/c1-19(2)14-7-6-13-18-16(20)17(11-8-12-17)15-9-4-3-5-10-15/h3-5,9-10H,6-8,11-14H2,1-2H3,(H,18,20). The van der Waals surface area contributed by atoms with E-state index < -0.39 is 0 Å². The molecule has 2 rings (SSSR count). The van der Waals surface area contributed by atoms with Crippen molar-refractivity contribution in [1.82, 2.24) is 10.2 Å². The van der Waals surface area contributed by atoms with E-state index in [-0.39, 0.29) is 11.3 Å². The van der Waals surface area contributed by atoms with Crippen molar-refractivity contribution < 1.29 is 4.79 Å². The fraction of sp³-hybridized carbons (Fsp3) is 0.588. The molecular weight excluding hydrogens is 248 g/mol. The van der Waals surface area contributed by atoms with Crippen LogP contribution in [0.4, 0.5) is 0 Å². The second-order valence-corrected chi connectivity index (χ2v) is 6.07. The van der Waals surface area contributed by atoms with Gasteiger partial charge in [0.1, 0.15) is 0 Å². The Kier molecular flexibility index (Phi) is 5.18. The smallest absolute Gasteiger partial charge is 0.230 e. The Hall–Kier alpha value is -1.35. The van der Waals surface area contributed by atoms with Crippen molar-refractivity contribution >= 4 is 5.91 Å². The highest BCUT2D eigenvalue weighted by atomic mass is 16.2. The molecule has 0 spiro atoms. The first kappa shape index (κ1) is 15.0. The summed E-state index contributed by atoms with van der Waals surface area (Å²) in [6.45, 7) is 1.88. The van der Waals surface area contributed by atoms with E-state index >= 15 is 0 Å². The lowest BCUT2D eigenvalue weighted by Crippen LogP contribution is -2.49. The van der Waals surface area contributed by atoms with Crippen LogP contribution in [0.15, 0.2) is 30.3 Å². The van der Waals surface area contributed by atoms with Gasteiger partial charge < -0.3 is 10.2 Å². The molecule has 1 amide bonds. The Morgan fingerprint density at radius 3 is 2.45 bits per heavy atom. The number of nitrogens with one attached hydrogen (secondary N) is 1. The van der Waals surface area contributed by atoms with Gasteiger partial charge in [-0.3, -0.25) is 4.79 Å². The lowest BCUT2D eigenvalue weighted by Gasteiger charge is -2.40. The van der Waals surface area contributed by atoms with Crippen LogP contribution in [0, 0.1) is 0 Å². The molecule has 1 N–H and O–H groups in total. The molecule has 20 heavy (non-hydrogen) atoms. The highest BCUT2D eigenvalue weighted by Crippen LogP contribution is 2.43. The number of carbonyl (C=O) groups excluding carboxylic acids is 1. The van der Waals surface area contributed by atoms with Crippen LogP contribution < -0.4 is 5.32 Å². The number of hydrogen-bond donors (Lipinski definition) is 1. The Morgan fingerprint density at radius 2 is 1.90 bits per heavy atom. The summed E-state index contributed by atoms with van der Waals surface area (Å²) in [5, 5.41) is 3.14. The Labute approximate surface area is 122 Å². The Morgan fingerprint density at radius 1 is 1.20 bits per heavy atom. The van der Waals surface area contributed by atoms with Gasteiger partial charge in [0.25, 0.3) is 0 Å². The van der Waals surface area contributed by atoms with E-state index in [0.29, 0.717) is 0 Å². The maximum atomic E-state index is 12.5. The van der Waals surface area contributed by atoms with Crippen LogP contribution in [0.25, 0.3) is 0 Å². The average Bonchev–Trinajstić information content (AvgIpc) is 2.38. The number of amides is 1. The largest absolute Gasteiger partial charge is 0.355 e. The molecule has 1 aromatic carbocycles. The molecule has 0 aliphatic heterocycles. The van der Waals surface area contributed by atoms with Crippen LogP contribution in [0.1, 0.15) is 37.7 Å². The number of nitrogens with zero attached hydrogens (tertiary/aromatic N) is 1. The van der Waals surface area contributed by atoms with Crippen molar-refractivity contribution in [3.8, 4) is 0 Å². The van der Waals surface area contributed by atoms with Crippen molar-refractivity contribution in [3.63, 3.8) is 0 Å². The van der Waals surface area contributed by atoms with Crippen molar-refractivity contribution in [1.29, 1.82) is 0 Å². The number of rotatable bonds is 7. The lowest BCUT2D eigenvalue weighted by atomic mass is 9.64. The van der Waals surface area contributed by atoms with Crippen LogP contribution >= 0.6 is 0 Å². The molecule has 3 heteroatoms. The first-order valence-corrected chi connectivity index (χ1v) is 7.64. The van der Waals surface area contributed by atoms with E-state index in [9.17, 15) is 4.79 Å². The molecule has 1 aromatic rings. The Bertz CT molecular complexity index is 424. The molecule has 0 unspecified atom stereocenters. The van der Waals surface area contributed by atoms with Gasteiger partial charge in [-0.05, 0) is 51.9 Å². The third kappa shape index (κ3) is 3.40. The maximum Gasteiger partial charge on any atom is 0.230 e. The highest BCUT2D eigenvalue weighted by molar-refractivity contribution is 5.89. The van der Waals surface area contributed by atoms with Gasteiger partial charge in [-0.15, -0.1) is 0 Å². The second-order valence-electron chi connectivity index (χ2n) is 6.07. The maximum absolute atomic E-state index is 12.5. The molecule has 0 radical (unpaired) electrons. The molecule has 0 heterocycles. The predicted molar refractivity (Wildman–Crippen MR) is 82.8 cm³/mol. The van der Waals surface area contributed by atoms with Crippen molar-refractivity contribution in [3.05, 3.63) is 35.9 Å². The molecule has 0 atom stereocenters.